The molecule has 2 nitrogen and oxygen atoms in total. The van der Waals surface area contributed by atoms with E-state index in [1.54, 1.807) is 0 Å². The van der Waals surface area contributed by atoms with Crippen LogP contribution < -0.4 is 5.32 Å². The van der Waals surface area contributed by atoms with E-state index in [1.807, 2.05) is 0 Å². The third kappa shape index (κ3) is 2.93. The van der Waals surface area contributed by atoms with Crippen LogP contribution in [0.1, 0.15) is 24.8 Å². The monoisotopic (exact) mass is 244 g/mol. The normalized spacial score (nSPS) is 26.6. The maximum atomic E-state index is 3.46. The van der Waals surface area contributed by atoms with Crippen molar-refractivity contribution >= 4 is 0 Å². The van der Waals surface area contributed by atoms with E-state index in [2.05, 4.69) is 40.5 Å². The summed E-state index contributed by atoms with van der Waals surface area (Å²) in [4.78, 5) is 2.74. The number of rotatable bonds is 3. The van der Waals surface area contributed by atoms with Crippen LogP contribution in [-0.4, -0.2) is 37.1 Å². The maximum Gasteiger partial charge on any atom is 0.0119 e. The molecule has 1 aromatic carbocycles. The summed E-state index contributed by atoms with van der Waals surface area (Å²) in [6.07, 6.45) is 5.34. The van der Waals surface area contributed by atoms with Gasteiger partial charge in [-0.2, -0.15) is 0 Å². The van der Waals surface area contributed by atoms with Crippen molar-refractivity contribution in [3.63, 3.8) is 0 Å². The first kappa shape index (κ1) is 12.2. The van der Waals surface area contributed by atoms with E-state index in [-0.39, 0.29) is 0 Å². The summed E-state index contributed by atoms with van der Waals surface area (Å²) in [7, 11) is 0. The van der Waals surface area contributed by atoms with Gasteiger partial charge in [0.25, 0.3) is 0 Å². The van der Waals surface area contributed by atoms with Crippen molar-refractivity contribution in [1.82, 2.24) is 10.2 Å². The van der Waals surface area contributed by atoms with Gasteiger partial charge in [0, 0.05) is 12.6 Å². The van der Waals surface area contributed by atoms with E-state index < -0.39 is 0 Å². The SMILES string of the molecule is c1ccc(CC2CCN(C3CCNCC3)C2)cc1. The first-order chi connectivity index (χ1) is 8.92. The molecule has 0 saturated carbocycles. The fourth-order valence-electron chi connectivity index (χ4n) is 3.48. The Labute approximate surface area is 110 Å². The van der Waals surface area contributed by atoms with Crippen LogP contribution in [0.25, 0.3) is 0 Å². The molecule has 2 heterocycles. The number of benzene rings is 1. The van der Waals surface area contributed by atoms with E-state index in [9.17, 15) is 0 Å². The summed E-state index contributed by atoms with van der Waals surface area (Å²) in [5.74, 6) is 0.877. The summed E-state index contributed by atoms with van der Waals surface area (Å²) in [5, 5.41) is 3.46. The minimum Gasteiger partial charge on any atom is -0.317 e. The van der Waals surface area contributed by atoms with Crippen LogP contribution in [-0.2, 0) is 6.42 Å². The van der Waals surface area contributed by atoms with Gasteiger partial charge >= 0.3 is 0 Å². The number of nitrogens with zero attached hydrogens (tertiary/aromatic N) is 1. The van der Waals surface area contributed by atoms with Crippen LogP contribution in [0.4, 0.5) is 0 Å². The fourth-order valence-corrected chi connectivity index (χ4v) is 3.48. The lowest BCUT2D eigenvalue weighted by atomic mass is 9.98. The Morgan fingerprint density at radius 2 is 1.83 bits per heavy atom. The highest BCUT2D eigenvalue weighted by molar-refractivity contribution is 5.15. The lowest BCUT2D eigenvalue weighted by Crippen LogP contribution is -2.42. The zero-order valence-electron chi connectivity index (χ0n) is 11.1. The first-order valence-electron chi connectivity index (χ1n) is 7.40. The van der Waals surface area contributed by atoms with Crippen molar-refractivity contribution < 1.29 is 0 Å². The lowest BCUT2D eigenvalue weighted by molar-refractivity contribution is 0.192. The highest BCUT2D eigenvalue weighted by Crippen LogP contribution is 2.25. The second-order valence-corrected chi connectivity index (χ2v) is 5.82. The largest absolute Gasteiger partial charge is 0.317 e. The number of likely N-dealkylation sites (tertiary alicyclic amines) is 1. The topological polar surface area (TPSA) is 15.3 Å². The van der Waals surface area contributed by atoms with E-state index in [0.29, 0.717) is 0 Å². The van der Waals surface area contributed by atoms with Crippen LogP contribution in [0.2, 0.25) is 0 Å². The standard InChI is InChI=1S/C16H24N2/c1-2-4-14(5-3-1)12-15-8-11-18(13-15)16-6-9-17-10-7-16/h1-5,15-17H,6-13H2. The molecular weight excluding hydrogens is 220 g/mol. The Kier molecular flexibility index (Phi) is 3.96. The minimum atomic E-state index is 0.854. The Balaban J connectivity index is 1.52. The molecule has 1 aromatic rings. The van der Waals surface area contributed by atoms with Crippen LogP contribution in [0.5, 0.6) is 0 Å². The molecule has 0 spiro atoms. The van der Waals surface area contributed by atoms with Gasteiger partial charge in [0.2, 0.25) is 0 Å². The Bertz CT molecular complexity index is 357. The second kappa shape index (κ2) is 5.85. The molecular formula is C16H24N2. The lowest BCUT2D eigenvalue weighted by Gasteiger charge is -2.31. The van der Waals surface area contributed by atoms with Gasteiger partial charge in [-0.3, -0.25) is 4.90 Å². The summed E-state index contributed by atoms with van der Waals surface area (Å²) in [6, 6.07) is 11.8. The molecule has 2 heteroatoms. The molecule has 2 fully saturated rings. The average molecular weight is 244 g/mol. The molecule has 0 aromatic heterocycles. The molecule has 98 valence electrons. The molecule has 0 aliphatic carbocycles. The van der Waals surface area contributed by atoms with Gasteiger partial charge in [0.15, 0.2) is 0 Å². The fraction of sp³-hybridized carbons (Fsp3) is 0.625. The highest BCUT2D eigenvalue weighted by Gasteiger charge is 2.28. The van der Waals surface area contributed by atoms with Gasteiger partial charge in [0.1, 0.15) is 0 Å². The third-order valence-electron chi connectivity index (χ3n) is 4.51. The van der Waals surface area contributed by atoms with Crippen molar-refractivity contribution in [3.05, 3.63) is 35.9 Å². The van der Waals surface area contributed by atoms with Crippen LogP contribution in [0.15, 0.2) is 30.3 Å². The Hall–Kier alpha value is -0.860. The van der Waals surface area contributed by atoms with Gasteiger partial charge < -0.3 is 5.32 Å². The zero-order chi connectivity index (χ0) is 12.2. The van der Waals surface area contributed by atoms with Crippen LogP contribution in [0.3, 0.4) is 0 Å². The smallest absolute Gasteiger partial charge is 0.0119 e. The van der Waals surface area contributed by atoms with E-state index in [4.69, 9.17) is 0 Å². The van der Waals surface area contributed by atoms with Gasteiger partial charge in [-0.05, 0) is 56.8 Å². The zero-order valence-corrected chi connectivity index (χ0v) is 11.1. The van der Waals surface area contributed by atoms with Crippen LogP contribution >= 0.6 is 0 Å². The number of piperidine rings is 1. The molecule has 0 amide bonds. The van der Waals surface area contributed by atoms with E-state index >= 15 is 0 Å². The predicted octanol–water partition coefficient (Wildman–Crippen LogP) is 2.30. The van der Waals surface area contributed by atoms with Crippen LogP contribution in [0, 0.1) is 5.92 Å². The summed E-state index contributed by atoms with van der Waals surface area (Å²) in [6.45, 7) is 5.07. The molecule has 3 rings (SSSR count). The molecule has 1 atom stereocenters. The quantitative estimate of drug-likeness (QED) is 0.877. The second-order valence-electron chi connectivity index (χ2n) is 5.82. The molecule has 2 saturated heterocycles. The van der Waals surface area contributed by atoms with Gasteiger partial charge in [-0.25, -0.2) is 0 Å². The predicted molar refractivity (Wildman–Crippen MR) is 75.7 cm³/mol. The molecule has 18 heavy (non-hydrogen) atoms. The summed E-state index contributed by atoms with van der Waals surface area (Å²) in [5.41, 5.74) is 1.51. The van der Waals surface area contributed by atoms with Gasteiger partial charge in [-0.15, -0.1) is 0 Å². The van der Waals surface area contributed by atoms with Crippen molar-refractivity contribution in [2.24, 2.45) is 5.92 Å². The summed E-state index contributed by atoms with van der Waals surface area (Å²) < 4.78 is 0. The van der Waals surface area contributed by atoms with Crippen molar-refractivity contribution in [3.8, 4) is 0 Å². The van der Waals surface area contributed by atoms with Crippen molar-refractivity contribution in [2.45, 2.75) is 31.7 Å². The van der Waals surface area contributed by atoms with Crippen molar-refractivity contribution in [1.29, 1.82) is 0 Å². The Morgan fingerprint density at radius 3 is 2.61 bits per heavy atom. The molecule has 2 aliphatic rings. The van der Waals surface area contributed by atoms with Gasteiger partial charge in [0.05, 0.1) is 0 Å². The van der Waals surface area contributed by atoms with Crippen molar-refractivity contribution in [2.75, 3.05) is 26.2 Å². The van der Waals surface area contributed by atoms with E-state index in [1.165, 1.54) is 57.4 Å². The molecule has 1 N–H and O–H groups in total. The third-order valence-corrected chi connectivity index (χ3v) is 4.51. The first-order valence-corrected chi connectivity index (χ1v) is 7.40. The number of hydrogen-bond donors (Lipinski definition) is 1. The van der Waals surface area contributed by atoms with Gasteiger partial charge in [-0.1, -0.05) is 30.3 Å². The highest BCUT2D eigenvalue weighted by atomic mass is 15.2. The van der Waals surface area contributed by atoms with E-state index in [0.717, 1.165) is 12.0 Å². The minimum absolute atomic E-state index is 0.854. The average Bonchev–Trinajstić information content (AvgIpc) is 2.89. The maximum absolute atomic E-state index is 3.46. The molecule has 0 radical (unpaired) electrons. The molecule has 1 unspecified atom stereocenters. The number of nitrogens with one attached hydrogen (secondary N) is 1. The molecule has 0 bridgehead atoms. The number of hydrogen-bond acceptors (Lipinski definition) is 2. The summed E-state index contributed by atoms with van der Waals surface area (Å²) >= 11 is 0. The Morgan fingerprint density at radius 1 is 1.06 bits per heavy atom. The molecule has 2 aliphatic heterocycles.